The Balaban J connectivity index is 2.00. The molecule has 1 heterocycles. The largest absolute Gasteiger partial charge is 0.465 e. The number of esters is 1. The second-order valence-corrected chi connectivity index (χ2v) is 6.48. The van der Waals surface area contributed by atoms with Gasteiger partial charge in [-0.1, -0.05) is 35.9 Å². The summed E-state index contributed by atoms with van der Waals surface area (Å²) in [5, 5.41) is 2.62. The van der Waals surface area contributed by atoms with Gasteiger partial charge >= 0.3 is 5.97 Å². The van der Waals surface area contributed by atoms with Gasteiger partial charge in [-0.05, 0) is 40.2 Å². The minimum Gasteiger partial charge on any atom is -0.465 e. The normalized spacial score (nSPS) is 14.0. The molecule has 132 valence electrons. The van der Waals surface area contributed by atoms with Crippen LogP contribution in [-0.4, -0.2) is 24.9 Å². The Labute approximate surface area is 162 Å². The van der Waals surface area contributed by atoms with Gasteiger partial charge in [-0.15, -0.1) is 0 Å². The molecule has 6 nitrogen and oxygen atoms in total. The van der Waals surface area contributed by atoms with Gasteiger partial charge in [-0.3, -0.25) is 9.59 Å². The maximum Gasteiger partial charge on any atom is 0.339 e. The predicted octanol–water partition coefficient (Wildman–Crippen LogP) is 3.67. The number of methoxy groups -OCH3 is 1. The maximum atomic E-state index is 12.8. The Morgan fingerprint density at radius 3 is 2.42 bits per heavy atom. The van der Waals surface area contributed by atoms with Crippen LogP contribution in [0, 0.1) is 0 Å². The summed E-state index contributed by atoms with van der Waals surface area (Å²) in [6.45, 7) is 0. The molecule has 0 saturated carbocycles. The monoisotopic (exact) mass is 434 g/mol. The summed E-state index contributed by atoms with van der Waals surface area (Å²) < 4.78 is 5.42. The summed E-state index contributed by atoms with van der Waals surface area (Å²) in [5.74, 6) is -2.04. The van der Waals surface area contributed by atoms with Gasteiger partial charge in [0.2, 0.25) is 0 Å². The van der Waals surface area contributed by atoms with Crippen molar-refractivity contribution >= 4 is 56.7 Å². The number of anilines is 2. The van der Waals surface area contributed by atoms with Crippen LogP contribution < -0.4 is 10.2 Å². The number of benzene rings is 2. The molecule has 2 aromatic carbocycles. The number of imide groups is 1. The number of amides is 2. The standard InChI is InChI=1S/C18H12BrClN2O4/c1-26-18(25)10-6-2-5-9-13(10)22-16(23)14(20)15(17(22)24)21-12-8-4-3-7-11(12)19/h2-9,21H,1H3. The molecule has 0 saturated heterocycles. The van der Waals surface area contributed by atoms with Crippen molar-refractivity contribution in [2.24, 2.45) is 0 Å². The Hall–Kier alpha value is -2.64. The minimum absolute atomic E-state index is 0.0664. The van der Waals surface area contributed by atoms with E-state index in [2.05, 4.69) is 21.2 Å². The van der Waals surface area contributed by atoms with E-state index in [1.165, 1.54) is 19.2 Å². The molecule has 2 amide bonds. The van der Waals surface area contributed by atoms with Crippen LogP contribution in [0.5, 0.6) is 0 Å². The zero-order valence-corrected chi connectivity index (χ0v) is 15.8. The van der Waals surface area contributed by atoms with Crippen molar-refractivity contribution in [1.82, 2.24) is 0 Å². The molecule has 1 N–H and O–H groups in total. The first-order valence-electron chi connectivity index (χ1n) is 7.43. The highest BCUT2D eigenvalue weighted by Gasteiger charge is 2.40. The number of nitrogens with one attached hydrogen (secondary N) is 1. The van der Waals surface area contributed by atoms with Crippen LogP contribution >= 0.6 is 27.5 Å². The number of nitrogens with zero attached hydrogens (tertiary/aromatic N) is 1. The Kier molecular flexibility index (Phi) is 5.11. The van der Waals surface area contributed by atoms with Crippen molar-refractivity contribution < 1.29 is 19.1 Å². The van der Waals surface area contributed by atoms with Crippen molar-refractivity contribution in [2.75, 3.05) is 17.3 Å². The summed E-state index contributed by atoms with van der Waals surface area (Å²) >= 11 is 9.47. The fraction of sp³-hybridized carbons (Fsp3) is 0.0556. The topological polar surface area (TPSA) is 75.7 Å². The molecular formula is C18H12BrClN2O4. The smallest absolute Gasteiger partial charge is 0.339 e. The molecule has 1 aliphatic heterocycles. The average Bonchev–Trinajstić information content (AvgIpc) is 2.86. The molecule has 0 spiro atoms. The molecule has 2 aromatic rings. The maximum absolute atomic E-state index is 12.8. The quantitative estimate of drug-likeness (QED) is 0.586. The zero-order valence-electron chi connectivity index (χ0n) is 13.5. The number of hydrogen-bond donors (Lipinski definition) is 1. The fourth-order valence-corrected chi connectivity index (χ4v) is 3.08. The SMILES string of the molecule is COC(=O)c1ccccc1N1C(=O)C(Cl)=C(Nc2ccccc2Br)C1=O. The molecule has 0 aromatic heterocycles. The van der Waals surface area contributed by atoms with E-state index in [4.69, 9.17) is 16.3 Å². The van der Waals surface area contributed by atoms with E-state index in [0.29, 0.717) is 10.2 Å². The average molecular weight is 436 g/mol. The van der Waals surface area contributed by atoms with E-state index in [1.54, 1.807) is 30.3 Å². The Morgan fingerprint density at radius 2 is 1.73 bits per heavy atom. The van der Waals surface area contributed by atoms with Crippen LogP contribution in [0.15, 0.2) is 63.7 Å². The van der Waals surface area contributed by atoms with E-state index in [1.807, 2.05) is 6.07 Å². The summed E-state index contributed by atoms with van der Waals surface area (Å²) in [6, 6.07) is 13.2. The number of halogens is 2. The summed E-state index contributed by atoms with van der Waals surface area (Å²) in [6.07, 6.45) is 0. The number of carbonyl (C=O) groups is 3. The van der Waals surface area contributed by atoms with Gasteiger partial charge in [0.15, 0.2) is 0 Å². The van der Waals surface area contributed by atoms with Gasteiger partial charge in [-0.25, -0.2) is 9.69 Å². The van der Waals surface area contributed by atoms with E-state index >= 15 is 0 Å². The molecule has 0 radical (unpaired) electrons. The first-order chi connectivity index (χ1) is 12.5. The molecule has 0 atom stereocenters. The Morgan fingerprint density at radius 1 is 1.08 bits per heavy atom. The van der Waals surface area contributed by atoms with Crippen LogP contribution in [0.3, 0.4) is 0 Å². The molecule has 26 heavy (non-hydrogen) atoms. The van der Waals surface area contributed by atoms with Crippen LogP contribution in [0.1, 0.15) is 10.4 Å². The molecule has 8 heteroatoms. The van der Waals surface area contributed by atoms with Crippen molar-refractivity contribution in [1.29, 1.82) is 0 Å². The summed E-state index contributed by atoms with van der Waals surface area (Å²) in [4.78, 5) is 38.2. The third kappa shape index (κ3) is 3.11. The molecule has 3 rings (SSSR count). The summed E-state index contributed by atoms with van der Waals surface area (Å²) in [7, 11) is 1.22. The van der Waals surface area contributed by atoms with Gasteiger partial charge in [0.05, 0.1) is 24.0 Å². The third-order valence-electron chi connectivity index (χ3n) is 3.71. The highest BCUT2D eigenvalue weighted by molar-refractivity contribution is 9.10. The lowest BCUT2D eigenvalue weighted by molar-refractivity contribution is -0.120. The first kappa shape index (κ1) is 18.2. The second kappa shape index (κ2) is 7.31. The van der Waals surface area contributed by atoms with Crippen molar-refractivity contribution in [3.63, 3.8) is 0 Å². The van der Waals surface area contributed by atoms with Crippen molar-refractivity contribution in [3.8, 4) is 0 Å². The van der Waals surface area contributed by atoms with Gasteiger partial charge in [0.1, 0.15) is 10.7 Å². The van der Waals surface area contributed by atoms with E-state index < -0.39 is 17.8 Å². The molecule has 0 bridgehead atoms. The Bertz CT molecular complexity index is 958. The van der Waals surface area contributed by atoms with Crippen LogP contribution in [0.25, 0.3) is 0 Å². The van der Waals surface area contributed by atoms with Crippen molar-refractivity contribution in [2.45, 2.75) is 0 Å². The predicted molar refractivity (Wildman–Crippen MR) is 101 cm³/mol. The van der Waals surface area contributed by atoms with Gasteiger partial charge in [-0.2, -0.15) is 0 Å². The number of rotatable bonds is 4. The second-order valence-electron chi connectivity index (χ2n) is 5.25. The van der Waals surface area contributed by atoms with Crippen LogP contribution in [0.2, 0.25) is 0 Å². The van der Waals surface area contributed by atoms with Gasteiger partial charge < -0.3 is 10.1 Å². The number of ether oxygens (including phenoxy) is 1. The van der Waals surface area contributed by atoms with E-state index in [-0.39, 0.29) is 22.0 Å². The third-order valence-corrected chi connectivity index (χ3v) is 4.75. The summed E-state index contributed by atoms with van der Waals surface area (Å²) in [5.41, 5.74) is 0.702. The molecule has 0 unspecified atom stereocenters. The number of para-hydroxylation sites is 2. The number of hydrogen-bond acceptors (Lipinski definition) is 5. The highest BCUT2D eigenvalue weighted by Crippen LogP contribution is 2.33. The lowest BCUT2D eigenvalue weighted by Crippen LogP contribution is -2.33. The zero-order chi connectivity index (χ0) is 18.8. The molecule has 0 aliphatic carbocycles. The first-order valence-corrected chi connectivity index (χ1v) is 8.60. The molecule has 0 fully saturated rings. The van der Waals surface area contributed by atoms with Gasteiger partial charge in [0.25, 0.3) is 11.8 Å². The lowest BCUT2D eigenvalue weighted by Gasteiger charge is -2.18. The van der Waals surface area contributed by atoms with Crippen LogP contribution in [-0.2, 0) is 14.3 Å². The lowest BCUT2D eigenvalue weighted by atomic mass is 10.1. The van der Waals surface area contributed by atoms with E-state index in [9.17, 15) is 14.4 Å². The highest BCUT2D eigenvalue weighted by atomic mass is 79.9. The molecule has 1 aliphatic rings. The molecular weight excluding hydrogens is 424 g/mol. The minimum atomic E-state index is -0.720. The number of carbonyl (C=O) groups excluding carboxylic acids is 3. The van der Waals surface area contributed by atoms with E-state index in [0.717, 1.165) is 4.90 Å². The van der Waals surface area contributed by atoms with Gasteiger partial charge in [0, 0.05) is 4.47 Å². The van der Waals surface area contributed by atoms with Crippen molar-refractivity contribution in [3.05, 3.63) is 69.3 Å². The van der Waals surface area contributed by atoms with Crippen LogP contribution in [0.4, 0.5) is 11.4 Å². The fourth-order valence-electron chi connectivity index (χ4n) is 2.48.